The number of ketones is 1. The molecule has 0 bridgehead atoms. The van der Waals surface area contributed by atoms with Gasteiger partial charge in [-0.05, 0) is 48.0 Å². The summed E-state index contributed by atoms with van der Waals surface area (Å²) in [4.78, 5) is 28.3. The second-order valence-electron chi connectivity index (χ2n) is 5.93. The van der Waals surface area contributed by atoms with E-state index in [2.05, 4.69) is 15.0 Å². The summed E-state index contributed by atoms with van der Waals surface area (Å²) in [5.74, 6) is -2.02. The van der Waals surface area contributed by atoms with Crippen LogP contribution in [0.5, 0.6) is 0 Å². The van der Waals surface area contributed by atoms with E-state index in [0.29, 0.717) is 11.6 Å². The summed E-state index contributed by atoms with van der Waals surface area (Å²) in [6, 6.07) is 14.3. The molecule has 2 aromatic carbocycles. The molecule has 142 valence electrons. The van der Waals surface area contributed by atoms with E-state index in [4.69, 9.17) is 11.6 Å². The molecule has 28 heavy (non-hydrogen) atoms. The number of esters is 1. The second kappa shape index (κ2) is 8.63. The average Bonchev–Trinajstić information content (AvgIpc) is 2.73. The summed E-state index contributed by atoms with van der Waals surface area (Å²) in [6.45, 7) is 0.576. The van der Waals surface area contributed by atoms with Gasteiger partial charge in [-0.15, -0.1) is 0 Å². The lowest BCUT2D eigenvalue weighted by Gasteiger charge is -2.08. The Kier molecular flexibility index (Phi) is 6.01. The molecule has 0 atom stereocenters. The topological polar surface area (TPSA) is 68.3 Å². The summed E-state index contributed by atoms with van der Waals surface area (Å²) in [5.41, 5.74) is 1.82. The van der Waals surface area contributed by atoms with Crippen molar-refractivity contribution in [2.45, 2.75) is 6.54 Å². The molecule has 0 saturated carbocycles. The number of carbonyl (C=O) groups is 2. The van der Waals surface area contributed by atoms with Gasteiger partial charge in [0.1, 0.15) is 11.5 Å². The third kappa shape index (κ3) is 4.53. The fourth-order valence-corrected chi connectivity index (χ4v) is 2.65. The highest BCUT2D eigenvalue weighted by Gasteiger charge is 2.17. The van der Waals surface area contributed by atoms with Gasteiger partial charge >= 0.3 is 5.97 Å². The summed E-state index contributed by atoms with van der Waals surface area (Å²) < 4.78 is 18.3. The number of anilines is 1. The van der Waals surface area contributed by atoms with Crippen LogP contribution in [0.3, 0.4) is 0 Å². The van der Waals surface area contributed by atoms with E-state index in [-0.39, 0.29) is 16.8 Å². The fourth-order valence-electron chi connectivity index (χ4n) is 2.52. The zero-order valence-corrected chi connectivity index (χ0v) is 15.7. The number of benzene rings is 2. The van der Waals surface area contributed by atoms with Crippen molar-refractivity contribution in [2.75, 3.05) is 12.4 Å². The van der Waals surface area contributed by atoms with Gasteiger partial charge in [-0.25, -0.2) is 9.18 Å². The third-order valence-electron chi connectivity index (χ3n) is 4.04. The minimum Gasteiger partial charge on any atom is -0.465 e. The lowest BCUT2D eigenvalue weighted by molar-refractivity contribution is 0.0595. The summed E-state index contributed by atoms with van der Waals surface area (Å²) >= 11 is 5.86. The van der Waals surface area contributed by atoms with E-state index in [1.807, 2.05) is 24.3 Å². The van der Waals surface area contributed by atoms with E-state index in [1.54, 1.807) is 12.1 Å². The standard InChI is InChI=1S/C21H16ClFN2O3/c1-28-21(27)17-10-14(4-8-18(17)23)20(26)19-9-7-16(12-25-19)24-11-13-2-5-15(22)6-3-13/h2-10,12,24H,11H2,1H3. The summed E-state index contributed by atoms with van der Waals surface area (Å²) in [6.07, 6.45) is 1.54. The first-order valence-electron chi connectivity index (χ1n) is 8.35. The number of aromatic nitrogens is 1. The number of nitrogens with zero attached hydrogens (tertiary/aromatic N) is 1. The molecule has 0 amide bonds. The normalized spacial score (nSPS) is 10.4. The molecular formula is C21H16ClFN2O3. The van der Waals surface area contributed by atoms with Crippen LogP contribution in [0.1, 0.15) is 32.0 Å². The van der Waals surface area contributed by atoms with Crippen molar-refractivity contribution in [1.82, 2.24) is 4.98 Å². The number of ether oxygens (including phenoxy) is 1. The number of nitrogens with one attached hydrogen (secondary N) is 1. The van der Waals surface area contributed by atoms with E-state index < -0.39 is 17.6 Å². The lowest BCUT2D eigenvalue weighted by Crippen LogP contribution is -2.09. The first-order valence-corrected chi connectivity index (χ1v) is 8.72. The maximum atomic E-state index is 13.7. The van der Waals surface area contributed by atoms with E-state index in [0.717, 1.165) is 30.5 Å². The minimum atomic E-state index is -0.846. The summed E-state index contributed by atoms with van der Waals surface area (Å²) in [7, 11) is 1.15. The number of halogens is 2. The van der Waals surface area contributed by atoms with Gasteiger partial charge in [-0.3, -0.25) is 9.78 Å². The van der Waals surface area contributed by atoms with E-state index in [1.165, 1.54) is 12.3 Å². The highest BCUT2D eigenvalue weighted by atomic mass is 35.5. The molecule has 1 heterocycles. The highest BCUT2D eigenvalue weighted by molar-refractivity contribution is 6.30. The molecule has 0 aliphatic heterocycles. The molecule has 1 aromatic heterocycles. The fraction of sp³-hybridized carbons (Fsp3) is 0.0952. The Hall–Kier alpha value is -3.25. The van der Waals surface area contributed by atoms with Gasteiger partial charge < -0.3 is 10.1 Å². The van der Waals surface area contributed by atoms with Crippen LogP contribution in [0.2, 0.25) is 5.02 Å². The van der Waals surface area contributed by atoms with Crippen LogP contribution in [0.4, 0.5) is 10.1 Å². The van der Waals surface area contributed by atoms with Gasteiger partial charge in [0, 0.05) is 17.1 Å². The Labute approximate surface area is 166 Å². The molecule has 0 aliphatic carbocycles. The number of pyridine rings is 1. The smallest absolute Gasteiger partial charge is 0.340 e. The molecule has 3 aromatic rings. The first-order chi connectivity index (χ1) is 13.5. The predicted octanol–water partition coefficient (Wildman–Crippen LogP) is 4.50. The van der Waals surface area contributed by atoms with Crippen LogP contribution in [0, 0.1) is 5.82 Å². The van der Waals surface area contributed by atoms with Crippen LogP contribution in [-0.2, 0) is 11.3 Å². The largest absolute Gasteiger partial charge is 0.465 e. The minimum absolute atomic E-state index is 0.149. The number of rotatable bonds is 6. The highest BCUT2D eigenvalue weighted by Crippen LogP contribution is 2.17. The van der Waals surface area contributed by atoms with E-state index in [9.17, 15) is 14.0 Å². The van der Waals surface area contributed by atoms with E-state index >= 15 is 0 Å². The molecule has 1 N–H and O–H groups in total. The molecule has 0 spiro atoms. The Bertz CT molecular complexity index is 1010. The lowest BCUT2D eigenvalue weighted by atomic mass is 10.0. The van der Waals surface area contributed by atoms with Crippen molar-refractivity contribution >= 4 is 29.0 Å². The van der Waals surface area contributed by atoms with Crippen LogP contribution in [0.15, 0.2) is 60.8 Å². The quantitative estimate of drug-likeness (QED) is 0.489. The van der Waals surface area contributed by atoms with Crippen molar-refractivity contribution in [3.63, 3.8) is 0 Å². The third-order valence-corrected chi connectivity index (χ3v) is 4.29. The Balaban J connectivity index is 1.71. The zero-order chi connectivity index (χ0) is 20.1. The molecule has 0 aliphatic rings. The maximum absolute atomic E-state index is 13.7. The van der Waals surface area contributed by atoms with Crippen LogP contribution >= 0.6 is 11.6 Å². The zero-order valence-electron chi connectivity index (χ0n) is 14.9. The molecule has 5 nitrogen and oxygen atoms in total. The van der Waals surface area contributed by atoms with Crippen molar-refractivity contribution in [3.8, 4) is 0 Å². The Morgan fingerprint density at radius 2 is 1.86 bits per heavy atom. The maximum Gasteiger partial charge on any atom is 0.340 e. The predicted molar refractivity (Wildman–Crippen MR) is 104 cm³/mol. The molecule has 3 rings (SSSR count). The first kappa shape index (κ1) is 19.5. The second-order valence-corrected chi connectivity index (χ2v) is 6.36. The number of methoxy groups -OCH3 is 1. The van der Waals surface area contributed by atoms with Gasteiger partial charge in [0.2, 0.25) is 5.78 Å². The average molecular weight is 399 g/mol. The SMILES string of the molecule is COC(=O)c1cc(C(=O)c2ccc(NCc3ccc(Cl)cc3)cn2)ccc1F. The molecule has 0 radical (unpaired) electrons. The number of hydrogen-bond donors (Lipinski definition) is 1. The van der Waals surface area contributed by atoms with Crippen LogP contribution in [-0.4, -0.2) is 23.8 Å². The molecular weight excluding hydrogens is 383 g/mol. The van der Waals surface area contributed by atoms with Gasteiger partial charge in [0.25, 0.3) is 0 Å². The molecule has 7 heteroatoms. The Morgan fingerprint density at radius 3 is 2.50 bits per heavy atom. The molecule has 0 unspecified atom stereocenters. The van der Waals surface area contributed by atoms with Crippen LogP contribution in [0.25, 0.3) is 0 Å². The number of carbonyl (C=O) groups excluding carboxylic acids is 2. The van der Waals surface area contributed by atoms with Gasteiger partial charge in [-0.1, -0.05) is 23.7 Å². The van der Waals surface area contributed by atoms with Crippen molar-refractivity contribution in [3.05, 3.63) is 94.0 Å². The molecule has 0 fully saturated rings. The number of hydrogen-bond acceptors (Lipinski definition) is 5. The summed E-state index contributed by atoms with van der Waals surface area (Å²) in [5, 5.41) is 3.87. The van der Waals surface area contributed by atoms with Crippen molar-refractivity contribution < 1.29 is 18.7 Å². The Morgan fingerprint density at radius 1 is 1.11 bits per heavy atom. The van der Waals surface area contributed by atoms with Gasteiger partial charge in [-0.2, -0.15) is 0 Å². The monoisotopic (exact) mass is 398 g/mol. The van der Waals surface area contributed by atoms with Crippen LogP contribution < -0.4 is 5.32 Å². The van der Waals surface area contributed by atoms with Gasteiger partial charge in [0.05, 0.1) is 24.6 Å². The van der Waals surface area contributed by atoms with Gasteiger partial charge in [0.15, 0.2) is 0 Å². The molecule has 0 saturated heterocycles. The van der Waals surface area contributed by atoms with Crippen molar-refractivity contribution in [1.29, 1.82) is 0 Å². The van der Waals surface area contributed by atoms with Crippen molar-refractivity contribution in [2.24, 2.45) is 0 Å².